The molecule has 5 nitrogen and oxygen atoms in total. The molecule has 0 aliphatic rings. The van der Waals surface area contributed by atoms with Crippen LogP contribution in [-0.4, -0.2) is 14.5 Å². The van der Waals surface area contributed by atoms with Crippen molar-refractivity contribution in [1.29, 1.82) is 0 Å². The first kappa shape index (κ1) is 14.1. The number of sulfonamides is 1. The molecule has 0 bridgehead atoms. The number of benzene rings is 2. The molecule has 0 spiro atoms. The van der Waals surface area contributed by atoms with Gasteiger partial charge in [-0.25, -0.2) is 17.9 Å². The Bertz CT molecular complexity index is 669. The van der Waals surface area contributed by atoms with Crippen molar-refractivity contribution in [2.24, 2.45) is 0 Å². The van der Waals surface area contributed by atoms with Gasteiger partial charge in [-0.2, -0.15) is 0 Å². The van der Waals surface area contributed by atoms with Crippen molar-refractivity contribution in [3.8, 4) is 0 Å². The maximum Gasteiger partial charge on any atom is 0.421 e. The van der Waals surface area contributed by atoms with Crippen LogP contribution in [0.25, 0.3) is 0 Å². The molecule has 2 aromatic rings. The van der Waals surface area contributed by atoms with E-state index in [0.717, 1.165) is 5.56 Å². The van der Waals surface area contributed by atoms with Crippen LogP contribution in [0.3, 0.4) is 0 Å². The molecule has 0 aliphatic carbocycles. The van der Waals surface area contributed by atoms with Crippen molar-refractivity contribution < 1.29 is 17.9 Å². The van der Waals surface area contributed by atoms with E-state index >= 15 is 0 Å². The van der Waals surface area contributed by atoms with Crippen molar-refractivity contribution in [3.05, 3.63) is 66.2 Å². The molecule has 0 heterocycles. The number of carbonyl (C=O) groups is 1. The molecule has 6 heteroatoms. The van der Waals surface area contributed by atoms with Gasteiger partial charge >= 0.3 is 6.09 Å². The van der Waals surface area contributed by atoms with E-state index in [1.807, 2.05) is 10.8 Å². The molecule has 1 amide bonds. The highest BCUT2D eigenvalue weighted by Gasteiger charge is 2.17. The zero-order valence-electron chi connectivity index (χ0n) is 10.5. The van der Waals surface area contributed by atoms with Gasteiger partial charge in [-0.05, 0) is 17.7 Å². The maximum atomic E-state index is 11.8. The van der Waals surface area contributed by atoms with E-state index in [-0.39, 0.29) is 11.5 Å². The summed E-state index contributed by atoms with van der Waals surface area (Å²) in [7, 11) is -3.89. The normalized spacial score (nSPS) is 10.8. The summed E-state index contributed by atoms with van der Waals surface area (Å²) in [6, 6.07) is 16.6. The summed E-state index contributed by atoms with van der Waals surface area (Å²) in [5, 5.41) is 0. The molecule has 20 heavy (non-hydrogen) atoms. The summed E-state index contributed by atoms with van der Waals surface area (Å²) in [4.78, 5) is 11.5. The van der Waals surface area contributed by atoms with Gasteiger partial charge in [-0.3, -0.25) is 0 Å². The Morgan fingerprint density at radius 3 is 2.10 bits per heavy atom. The van der Waals surface area contributed by atoms with E-state index in [9.17, 15) is 13.2 Å². The molecule has 0 aliphatic heterocycles. The molecule has 0 atom stereocenters. The minimum Gasteiger partial charge on any atom is -0.444 e. The fourth-order valence-electron chi connectivity index (χ4n) is 1.52. The van der Waals surface area contributed by atoms with Gasteiger partial charge in [0.2, 0.25) is 0 Å². The monoisotopic (exact) mass is 291 g/mol. The van der Waals surface area contributed by atoms with Crippen molar-refractivity contribution in [1.82, 2.24) is 4.72 Å². The number of hydrogen-bond donors (Lipinski definition) is 1. The molecule has 2 aromatic carbocycles. The van der Waals surface area contributed by atoms with Crippen LogP contribution in [0.5, 0.6) is 0 Å². The van der Waals surface area contributed by atoms with Gasteiger partial charge in [0.25, 0.3) is 10.0 Å². The highest BCUT2D eigenvalue weighted by molar-refractivity contribution is 7.90. The van der Waals surface area contributed by atoms with Crippen LogP contribution < -0.4 is 4.72 Å². The van der Waals surface area contributed by atoms with Crippen molar-refractivity contribution >= 4 is 16.1 Å². The van der Waals surface area contributed by atoms with Crippen molar-refractivity contribution in [2.45, 2.75) is 11.5 Å². The lowest BCUT2D eigenvalue weighted by Gasteiger charge is -2.07. The Balaban J connectivity index is 1.95. The van der Waals surface area contributed by atoms with Gasteiger partial charge < -0.3 is 4.74 Å². The van der Waals surface area contributed by atoms with E-state index in [1.165, 1.54) is 12.1 Å². The minimum absolute atomic E-state index is 0.0108. The fraction of sp³-hybridized carbons (Fsp3) is 0.0714. The van der Waals surface area contributed by atoms with Crippen LogP contribution in [0.2, 0.25) is 0 Å². The molecule has 104 valence electrons. The van der Waals surface area contributed by atoms with Crippen LogP contribution in [0.4, 0.5) is 4.79 Å². The number of ether oxygens (including phenoxy) is 1. The minimum atomic E-state index is -3.89. The standard InChI is InChI=1S/C14H13NO4S/c16-14(19-11-12-7-3-1-4-8-12)15-20(17,18)13-9-5-2-6-10-13/h1-10H,11H2,(H,15,16). The van der Waals surface area contributed by atoms with Gasteiger partial charge in [0.15, 0.2) is 0 Å². The number of hydrogen-bond acceptors (Lipinski definition) is 4. The number of nitrogens with one attached hydrogen (secondary N) is 1. The zero-order valence-corrected chi connectivity index (χ0v) is 11.3. The van der Waals surface area contributed by atoms with Gasteiger partial charge in [0.05, 0.1) is 4.90 Å². The Kier molecular flexibility index (Phi) is 4.37. The average Bonchev–Trinajstić information content (AvgIpc) is 2.47. The first-order valence-electron chi connectivity index (χ1n) is 5.86. The topological polar surface area (TPSA) is 72.5 Å². The quantitative estimate of drug-likeness (QED) is 0.938. The predicted octanol–water partition coefficient (Wildman–Crippen LogP) is 2.30. The van der Waals surface area contributed by atoms with E-state index in [2.05, 4.69) is 0 Å². The third kappa shape index (κ3) is 3.83. The van der Waals surface area contributed by atoms with Gasteiger partial charge in [0.1, 0.15) is 6.61 Å². The second-order valence-electron chi connectivity index (χ2n) is 3.98. The molecule has 0 unspecified atom stereocenters. The number of amides is 1. The lowest BCUT2D eigenvalue weighted by molar-refractivity contribution is 0.146. The summed E-state index contributed by atoms with van der Waals surface area (Å²) in [5.41, 5.74) is 0.778. The van der Waals surface area contributed by atoms with E-state index in [1.54, 1.807) is 42.5 Å². The molecule has 0 aromatic heterocycles. The molecule has 1 N–H and O–H groups in total. The van der Waals surface area contributed by atoms with Crippen LogP contribution in [0.15, 0.2) is 65.6 Å². The summed E-state index contributed by atoms with van der Waals surface area (Å²) in [6.45, 7) is 0.0109. The molecule has 0 fully saturated rings. The van der Waals surface area contributed by atoms with Crippen molar-refractivity contribution in [3.63, 3.8) is 0 Å². The lowest BCUT2D eigenvalue weighted by Crippen LogP contribution is -2.31. The summed E-state index contributed by atoms with van der Waals surface area (Å²) in [6.07, 6.45) is -1.00. The molecule has 2 rings (SSSR count). The van der Waals surface area contributed by atoms with Crippen LogP contribution in [0.1, 0.15) is 5.56 Å². The Morgan fingerprint density at radius 1 is 0.950 bits per heavy atom. The van der Waals surface area contributed by atoms with Crippen LogP contribution in [0, 0.1) is 0 Å². The van der Waals surface area contributed by atoms with E-state index in [0.29, 0.717) is 0 Å². The fourth-order valence-corrected chi connectivity index (χ4v) is 2.43. The molecular formula is C14H13NO4S. The summed E-state index contributed by atoms with van der Waals surface area (Å²) in [5.74, 6) is 0. The summed E-state index contributed by atoms with van der Waals surface area (Å²) >= 11 is 0. The van der Waals surface area contributed by atoms with Gasteiger partial charge in [-0.15, -0.1) is 0 Å². The van der Waals surface area contributed by atoms with Gasteiger partial charge in [-0.1, -0.05) is 48.5 Å². The highest BCUT2D eigenvalue weighted by Crippen LogP contribution is 2.07. The second kappa shape index (κ2) is 6.21. The Morgan fingerprint density at radius 2 is 1.50 bits per heavy atom. The lowest BCUT2D eigenvalue weighted by atomic mass is 10.2. The maximum absolute atomic E-state index is 11.8. The van der Waals surface area contributed by atoms with Crippen LogP contribution >= 0.6 is 0 Å². The summed E-state index contributed by atoms with van der Waals surface area (Å²) < 4.78 is 30.4. The molecule has 0 saturated heterocycles. The Labute approximate surface area is 117 Å². The first-order chi connectivity index (χ1) is 9.58. The number of carbonyl (C=O) groups excluding carboxylic acids is 1. The van der Waals surface area contributed by atoms with Crippen molar-refractivity contribution in [2.75, 3.05) is 0 Å². The second-order valence-corrected chi connectivity index (χ2v) is 5.66. The van der Waals surface area contributed by atoms with E-state index < -0.39 is 16.1 Å². The molecular weight excluding hydrogens is 278 g/mol. The highest BCUT2D eigenvalue weighted by atomic mass is 32.2. The van der Waals surface area contributed by atoms with Crippen LogP contribution in [-0.2, 0) is 21.4 Å². The average molecular weight is 291 g/mol. The molecule has 0 radical (unpaired) electrons. The van der Waals surface area contributed by atoms with Gasteiger partial charge in [0, 0.05) is 0 Å². The largest absolute Gasteiger partial charge is 0.444 e. The third-order valence-corrected chi connectivity index (χ3v) is 3.81. The SMILES string of the molecule is O=C(NS(=O)(=O)c1ccccc1)OCc1ccccc1. The number of rotatable bonds is 4. The predicted molar refractivity (Wildman–Crippen MR) is 73.4 cm³/mol. The smallest absolute Gasteiger partial charge is 0.421 e. The third-order valence-electron chi connectivity index (χ3n) is 2.48. The molecule has 0 saturated carbocycles. The first-order valence-corrected chi connectivity index (χ1v) is 7.35. The van der Waals surface area contributed by atoms with E-state index in [4.69, 9.17) is 4.74 Å². The zero-order chi connectivity index (χ0) is 14.4. The Hall–Kier alpha value is -2.34.